The van der Waals surface area contributed by atoms with Crippen molar-refractivity contribution >= 4 is 18.3 Å². The van der Waals surface area contributed by atoms with Crippen LogP contribution in [0.15, 0.2) is 28.8 Å². The normalized spacial score (nSPS) is 11.5. The highest BCUT2D eigenvalue weighted by molar-refractivity contribution is 5.97. The Morgan fingerprint density at radius 3 is 2.80 bits per heavy atom. The fraction of sp³-hybridized carbons (Fsp3) is 0.471. The number of benzene rings is 1. The van der Waals surface area contributed by atoms with Gasteiger partial charge in [-0.2, -0.15) is 4.98 Å². The van der Waals surface area contributed by atoms with E-state index in [2.05, 4.69) is 22.4 Å². The Labute approximate surface area is 153 Å². The van der Waals surface area contributed by atoms with Crippen LogP contribution in [0, 0.1) is 6.92 Å². The highest BCUT2D eigenvalue weighted by Crippen LogP contribution is 2.19. The summed E-state index contributed by atoms with van der Waals surface area (Å²) in [4.78, 5) is 16.6. The third-order valence-electron chi connectivity index (χ3n) is 3.58. The summed E-state index contributed by atoms with van der Waals surface area (Å²) in [6.45, 7) is 4.37. The number of carbonyl (C=O) groups excluding carboxylic acids is 1. The van der Waals surface area contributed by atoms with Gasteiger partial charge in [-0.15, -0.1) is 12.4 Å². The number of unbranched alkanes of at least 4 members (excludes halogenated alkanes) is 1. The number of hydrogen-bond donors (Lipinski definition) is 2. The van der Waals surface area contributed by atoms with E-state index in [1.54, 1.807) is 25.1 Å². The maximum Gasteiger partial charge on any atom is 0.255 e. The minimum Gasteiger partial charge on any atom is -0.485 e. The third kappa shape index (κ3) is 6.36. The van der Waals surface area contributed by atoms with Crippen LogP contribution in [0.5, 0.6) is 5.75 Å². The Morgan fingerprint density at radius 2 is 2.16 bits per heavy atom. The van der Waals surface area contributed by atoms with E-state index in [-0.39, 0.29) is 31.0 Å². The Kier molecular flexibility index (Phi) is 8.94. The molecule has 1 aromatic carbocycles. The van der Waals surface area contributed by atoms with E-state index in [4.69, 9.17) is 15.0 Å². The Bertz CT molecular complexity index is 663. The Morgan fingerprint density at radius 1 is 1.40 bits per heavy atom. The van der Waals surface area contributed by atoms with Crippen molar-refractivity contribution in [3.05, 3.63) is 41.5 Å². The quantitative estimate of drug-likeness (QED) is 0.705. The van der Waals surface area contributed by atoms with Crippen LogP contribution >= 0.6 is 12.4 Å². The van der Waals surface area contributed by atoms with Crippen molar-refractivity contribution in [2.24, 2.45) is 5.73 Å². The van der Waals surface area contributed by atoms with Crippen molar-refractivity contribution in [2.45, 2.75) is 45.8 Å². The molecule has 0 aliphatic carbocycles. The maximum absolute atomic E-state index is 12.5. The lowest BCUT2D eigenvalue weighted by Gasteiger charge is -2.17. The molecule has 0 fully saturated rings. The summed E-state index contributed by atoms with van der Waals surface area (Å²) in [5, 5.41) is 6.74. The first-order chi connectivity index (χ1) is 11.6. The summed E-state index contributed by atoms with van der Waals surface area (Å²) in [7, 11) is 0. The molecule has 2 rings (SSSR count). The molecule has 7 nitrogen and oxygen atoms in total. The van der Waals surface area contributed by atoms with Crippen molar-refractivity contribution in [1.82, 2.24) is 15.5 Å². The van der Waals surface area contributed by atoms with Gasteiger partial charge in [-0.05, 0) is 18.6 Å². The number of nitrogens with zero attached hydrogens (tertiary/aromatic N) is 2. The van der Waals surface area contributed by atoms with Gasteiger partial charge in [-0.3, -0.25) is 4.79 Å². The van der Waals surface area contributed by atoms with Crippen LogP contribution in [0.4, 0.5) is 0 Å². The Hall–Kier alpha value is -2.12. The first-order valence-corrected chi connectivity index (χ1v) is 8.16. The fourth-order valence-electron chi connectivity index (χ4n) is 2.28. The molecule has 0 saturated carbocycles. The molecule has 0 aliphatic heterocycles. The number of halogens is 1. The standard InChI is InChI=1S/C17H24N4O3.ClH/c1-3-4-7-13(10-18)20-17(22)14-8-5-6-9-15(14)23-11-16-19-12(2)24-21-16;/h5-6,8-9,13H,3-4,7,10-11,18H2,1-2H3,(H,20,22);1H. The number of aryl methyl sites for hydroxylation is 1. The number of hydrogen-bond acceptors (Lipinski definition) is 6. The molecule has 1 amide bonds. The molecule has 0 spiro atoms. The van der Waals surface area contributed by atoms with Crippen LogP contribution in [0.1, 0.15) is 48.3 Å². The average molecular weight is 369 g/mol. The summed E-state index contributed by atoms with van der Waals surface area (Å²) < 4.78 is 10.6. The smallest absolute Gasteiger partial charge is 0.255 e. The van der Waals surface area contributed by atoms with Gasteiger partial charge in [0.2, 0.25) is 11.7 Å². The van der Waals surface area contributed by atoms with Crippen LogP contribution in [-0.2, 0) is 6.61 Å². The second kappa shape index (κ2) is 10.7. The molecule has 8 heteroatoms. The van der Waals surface area contributed by atoms with Gasteiger partial charge in [0.1, 0.15) is 5.75 Å². The average Bonchev–Trinajstić information content (AvgIpc) is 3.02. The van der Waals surface area contributed by atoms with Crippen molar-refractivity contribution < 1.29 is 14.1 Å². The summed E-state index contributed by atoms with van der Waals surface area (Å²) in [5.74, 6) is 1.19. The van der Waals surface area contributed by atoms with Gasteiger partial charge in [0.15, 0.2) is 6.61 Å². The molecule has 1 unspecified atom stereocenters. The van der Waals surface area contributed by atoms with Crippen LogP contribution in [0.3, 0.4) is 0 Å². The first kappa shape index (κ1) is 20.9. The second-order valence-electron chi connectivity index (χ2n) is 5.56. The zero-order chi connectivity index (χ0) is 17.4. The van der Waals surface area contributed by atoms with E-state index in [1.165, 1.54) is 0 Å². The van der Waals surface area contributed by atoms with Crippen LogP contribution in [0.2, 0.25) is 0 Å². The number of nitrogens with two attached hydrogens (primary N) is 1. The first-order valence-electron chi connectivity index (χ1n) is 8.16. The molecule has 2 aromatic rings. The molecule has 1 aromatic heterocycles. The minimum atomic E-state index is -0.193. The molecular formula is C17H25ClN4O3. The number of carbonyl (C=O) groups is 1. The molecule has 0 radical (unpaired) electrons. The van der Waals surface area contributed by atoms with E-state index >= 15 is 0 Å². The van der Waals surface area contributed by atoms with Crippen molar-refractivity contribution in [3.8, 4) is 5.75 Å². The molecule has 0 saturated heterocycles. The van der Waals surface area contributed by atoms with E-state index in [0.29, 0.717) is 29.6 Å². The highest BCUT2D eigenvalue weighted by Gasteiger charge is 2.16. The van der Waals surface area contributed by atoms with Crippen LogP contribution in [0.25, 0.3) is 0 Å². The zero-order valence-corrected chi connectivity index (χ0v) is 15.3. The second-order valence-corrected chi connectivity index (χ2v) is 5.56. The number of amides is 1. The largest absolute Gasteiger partial charge is 0.485 e. The van der Waals surface area contributed by atoms with Gasteiger partial charge in [-0.1, -0.05) is 37.1 Å². The molecule has 3 N–H and O–H groups in total. The van der Waals surface area contributed by atoms with Gasteiger partial charge in [0.25, 0.3) is 5.91 Å². The van der Waals surface area contributed by atoms with Gasteiger partial charge in [0, 0.05) is 19.5 Å². The number of para-hydroxylation sites is 1. The van der Waals surface area contributed by atoms with Crippen molar-refractivity contribution in [3.63, 3.8) is 0 Å². The lowest BCUT2D eigenvalue weighted by molar-refractivity contribution is 0.0931. The molecule has 1 atom stereocenters. The molecule has 0 bridgehead atoms. The molecule has 138 valence electrons. The number of nitrogens with one attached hydrogen (secondary N) is 1. The lowest BCUT2D eigenvalue weighted by atomic mass is 10.1. The third-order valence-corrected chi connectivity index (χ3v) is 3.58. The zero-order valence-electron chi connectivity index (χ0n) is 14.5. The predicted octanol–water partition coefficient (Wildman–Crippen LogP) is 2.63. The van der Waals surface area contributed by atoms with Crippen LogP contribution < -0.4 is 15.8 Å². The summed E-state index contributed by atoms with van der Waals surface area (Å²) in [5.41, 5.74) is 6.21. The van der Waals surface area contributed by atoms with Gasteiger partial charge >= 0.3 is 0 Å². The monoisotopic (exact) mass is 368 g/mol. The van der Waals surface area contributed by atoms with E-state index in [1.807, 2.05) is 6.07 Å². The fourth-order valence-corrected chi connectivity index (χ4v) is 2.28. The summed E-state index contributed by atoms with van der Waals surface area (Å²) in [6.07, 6.45) is 2.96. The van der Waals surface area contributed by atoms with Gasteiger partial charge in [0.05, 0.1) is 5.56 Å². The molecule has 25 heavy (non-hydrogen) atoms. The maximum atomic E-state index is 12.5. The van der Waals surface area contributed by atoms with E-state index < -0.39 is 0 Å². The number of rotatable bonds is 9. The van der Waals surface area contributed by atoms with Crippen molar-refractivity contribution in [1.29, 1.82) is 0 Å². The Balaban J connectivity index is 0.00000312. The van der Waals surface area contributed by atoms with E-state index in [9.17, 15) is 4.79 Å². The molecule has 1 heterocycles. The molecule has 0 aliphatic rings. The van der Waals surface area contributed by atoms with E-state index in [0.717, 1.165) is 19.3 Å². The summed E-state index contributed by atoms with van der Waals surface area (Å²) >= 11 is 0. The van der Waals surface area contributed by atoms with Crippen LogP contribution in [-0.4, -0.2) is 28.6 Å². The minimum absolute atomic E-state index is 0. The molecular weight excluding hydrogens is 344 g/mol. The van der Waals surface area contributed by atoms with Gasteiger partial charge in [-0.25, -0.2) is 0 Å². The lowest BCUT2D eigenvalue weighted by Crippen LogP contribution is -2.40. The van der Waals surface area contributed by atoms with Crippen molar-refractivity contribution in [2.75, 3.05) is 6.54 Å². The summed E-state index contributed by atoms with van der Waals surface area (Å²) in [6, 6.07) is 7.03. The number of ether oxygens (including phenoxy) is 1. The topological polar surface area (TPSA) is 103 Å². The highest BCUT2D eigenvalue weighted by atomic mass is 35.5. The van der Waals surface area contributed by atoms with Gasteiger partial charge < -0.3 is 20.3 Å². The predicted molar refractivity (Wildman–Crippen MR) is 96.9 cm³/mol. The SMILES string of the molecule is CCCCC(CN)NC(=O)c1ccccc1OCc1noc(C)n1.Cl. The number of aromatic nitrogens is 2.